The summed E-state index contributed by atoms with van der Waals surface area (Å²) in [6, 6.07) is 1.66. The number of thiophene rings is 1. The zero-order valence-electron chi connectivity index (χ0n) is 12.0. The molecule has 0 aromatic carbocycles. The van der Waals surface area contributed by atoms with E-state index in [9.17, 15) is 10.1 Å². The maximum absolute atomic E-state index is 10.6. The van der Waals surface area contributed by atoms with Gasteiger partial charge >= 0.3 is 5.00 Å². The van der Waals surface area contributed by atoms with Crippen molar-refractivity contribution in [2.75, 3.05) is 26.2 Å². The van der Waals surface area contributed by atoms with Crippen LogP contribution in [0.3, 0.4) is 0 Å². The molecular weight excluding hydrogens is 274 g/mol. The maximum atomic E-state index is 10.6. The van der Waals surface area contributed by atoms with Crippen molar-refractivity contribution in [3.8, 4) is 0 Å². The first kappa shape index (κ1) is 15.4. The summed E-state index contributed by atoms with van der Waals surface area (Å²) in [6.07, 6.45) is 4.04. The van der Waals surface area contributed by atoms with E-state index in [-0.39, 0.29) is 9.92 Å². The summed E-state index contributed by atoms with van der Waals surface area (Å²) in [5, 5.41) is 16.1. The normalized spacial score (nSPS) is 18.1. The Labute approximate surface area is 124 Å². The van der Waals surface area contributed by atoms with Crippen molar-refractivity contribution in [1.82, 2.24) is 10.2 Å². The first-order valence-corrected chi connectivity index (χ1v) is 8.18. The molecule has 1 aromatic rings. The third kappa shape index (κ3) is 4.85. The third-order valence-electron chi connectivity index (χ3n) is 3.66. The van der Waals surface area contributed by atoms with Gasteiger partial charge in [0.2, 0.25) is 0 Å². The van der Waals surface area contributed by atoms with Crippen molar-refractivity contribution in [3.05, 3.63) is 27.1 Å². The predicted molar refractivity (Wildman–Crippen MR) is 82.1 cm³/mol. The second-order valence-electron chi connectivity index (χ2n) is 5.65. The minimum atomic E-state index is -0.326. The molecule has 0 amide bonds. The van der Waals surface area contributed by atoms with Gasteiger partial charge in [-0.2, -0.15) is 0 Å². The Kier molecular flexibility index (Phi) is 5.94. The minimum Gasteiger partial charge on any atom is -0.312 e. The number of hydrogen-bond acceptors (Lipinski definition) is 5. The Balaban J connectivity index is 1.65. The van der Waals surface area contributed by atoms with E-state index in [1.807, 2.05) is 5.38 Å². The molecule has 0 bridgehead atoms. The number of nitrogens with zero attached hydrogens (tertiary/aromatic N) is 2. The number of likely N-dealkylation sites (tertiary alicyclic amines) is 1. The summed E-state index contributed by atoms with van der Waals surface area (Å²) in [7, 11) is 0. The van der Waals surface area contributed by atoms with Crippen LogP contribution in [0.1, 0.15) is 31.7 Å². The predicted octanol–water partition coefficient (Wildman–Crippen LogP) is 2.87. The first-order chi connectivity index (χ1) is 9.65. The van der Waals surface area contributed by atoms with E-state index in [2.05, 4.69) is 17.1 Å². The number of nitro groups is 1. The summed E-state index contributed by atoms with van der Waals surface area (Å²) in [5.41, 5.74) is 1.01. The monoisotopic (exact) mass is 297 g/mol. The van der Waals surface area contributed by atoms with Crippen LogP contribution in [-0.4, -0.2) is 36.0 Å². The van der Waals surface area contributed by atoms with E-state index in [4.69, 9.17) is 0 Å². The highest BCUT2D eigenvalue weighted by Gasteiger charge is 2.13. The molecule has 1 fully saturated rings. The Bertz CT molecular complexity index is 430. The molecule has 0 radical (unpaired) electrons. The van der Waals surface area contributed by atoms with Crippen molar-refractivity contribution in [1.29, 1.82) is 0 Å². The molecule has 0 saturated carbocycles. The number of piperidine rings is 1. The molecule has 1 N–H and O–H groups in total. The van der Waals surface area contributed by atoms with Crippen molar-refractivity contribution in [2.24, 2.45) is 5.92 Å². The van der Waals surface area contributed by atoms with Crippen LogP contribution in [0.25, 0.3) is 0 Å². The van der Waals surface area contributed by atoms with Crippen LogP contribution < -0.4 is 5.32 Å². The lowest BCUT2D eigenvalue weighted by molar-refractivity contribution is -0.380. The van der Waals surface area contributed by atoms with Gasteiger partial charge in [0, 0.05) is 24.5 Å². The van der Waals surface area contributed by atoms with Gasteiger partial charge in [-0.05, 0) is 44.0 Å². The standard InChI is InChI=1S/C14H23N3O2S/c1-12(10-16-5-3-2-4-6-16)8-15-9-13-7-14(17(18)19)20-11-13/h7,11-12,15H,2-6,8-10H2,1H3. The number of nitrogens with one attached hydrogen (secondary N) is 1. The summed E-state index contributed by atoms with van der Waals surface area (Å²) in [6.45, 7) is 7.56. The Hall–Kier alpha value is -0.980. The van der Waals surface area contributed by atoms with E-state index in [1.54, 1.807) is 6.07 Å². The molecule has 1 unspecified atom stereocenters. The average molecular weight is 297 g/mol. The van der Waals surface area contributed by atoms with E-state index < -0.39 is 0 Å². The molecule has 1 aliphatic heterocycles. The van der Waals surface area contributed by atoms with Crippen molar-refractivity contribution in [2.45, 2.75) is 32.7 Å². The molecule has 0 spiro atoms. The fraction of sp³-hybridized carbons (Fsp3) is 0.714. The lowest BCUT2D eigenvalue weighted by Gasteiger charge is -2.29. The molecule has 1 aliphatic rings. The maximum Gasteiger partial charge on any atom is 0.324 e. The zero-order valence-corrected chi connectivity index (χ0v) is 12.8. The number of hydrogen-bond donors (Lipinski definition) is 1. The van der Waals surface area contributed by atoms with Gasteiger partial charge < -0.3 is 10.2 Å². The Morgan fingerprint density at radius 3 is 2.85 bits per heavy atom. The van der Waals surface area contributed by atoms with Gasteiger partial charge in [-0.15, -0.1) is 0 Å². The highest BCUT2D eigenvalue weighted by molar-refractivity contribution is 7.13. The largest absolute Gasteiger partial charge is 0.324 e. The number of rotatable bonds is 7. The van der Waals surface area contributed by atoms with Crippen molar-refractivity contribution >= 4 is 16.3 Å². The second kappa shape index (κ2) is 7.71. The van der Waals surface area contributed by atoms with E-state index in [1.165, 1.54) is 43.7 Å². The molecule has 1 aromatic heterocycles. The minimum absolute atomic E-state index is 0.225. The molecular formula is C14H23N3O2S. The van der Waals surface area contributed by atoms with Crippen LogP contribution >= 0.6 is 11.3 Å². The van der Waals surface area contributed by atoms with Crippen LogP contribution in [0.5, 0.6) is 0 Å². The molecule has 20 heavy (non-hydrogen) atoms. The van der Waals surface area contributed by atoms with Gasteiger partial charge in [0.1, 0.15) is 0 Å². The molecule has 6 heteroatoms. The second-order valence-corrected chi connectivity index (χ2v) is 6.54. The molecule has 112 valence electrons. The van der Waals surface area contributed by atoms with E-state index in [0.717, 1.165) is 18.7 Å². The highest BCUT2D eigenvalue weighted by Crippen LogP contribution is 2.22. The van der Waals surface area contributed by atoms with Crippen LogP contribution in [0.15, 0.2) is 11.4 Å². The highest BCUT2D eigenvalue weighted by atomic mass is 32.1. The SMILES string of the molecule is CC(CNCc1csc([N+](=O)[O-])c1)CN1CCCCC1. The zero-order chi connectivity index (χ0) is 14.4. The summed E-state index contributed by atoms with van der Waals surface area (Å²) in [5.74, 6) is 0.613. The summed E-state index contributed by atoms with van der Waals surface area (Å²) < 4.78 is 0. The molecule has 1 saturated heterocycles. The molecule has 5 nitrogen and oxygen atoms in total. The Morgan fingerprint density at radius 1 is 1.45 bits per heavy atom. The van der Waals surface area contributed by atoms with Gasteiger partial charge in [0.15, 0.2) is 0 Å². The molecule has 1 atom stereocenters. The molecule has 2 rings (SSSR count). The smallest absolute Gasteiger partial charge is 0.312 e. The van der Waals surface area contributed by atoms with Crippen molar-refractivity contribution < 1.29 is 4.92 Å². The molecule has 2 heterocycles. The van der Waals surface area contributed by atoms with Gasteiger partial charge in [0.05, 0.1) is 4.92 Å². The fourth-order valence-corrected chi connectivity index (χ4v) is 3.39. The lowest BCUT2D eigenvalue weighted by Crippen LogP contribution is -2.36. The third-order valence-corrected chi connectivity index (χ3v) is 4.59. The van der Waals surface area contributed by atoms with Gasteiger partial charge in [-0.25, -0.2) is 0 Å². The van der Waals surface area contributed by atoms with E-state index in [0.29, 0.717) is 12.5 Å². The quantitative estimate of drug-likeness (QED) is 0.621. The molecule has 0 aliphatic carbocycles. The van der Waals surface area contributed by atoms with Crippen molar-refractivity contribution in [3.63, 3.8) is 0 Å². The van der Waals surface area contributed by atoms with Crippen LogP contribution in [-0.2, 0) is 6.54 Å². The fourth-order valence-electron chi connectivity index (χ4n) is 2.66. The topological polar surface area (TPSA) is 58.4 Å². The van der Waals surface area contributed by atoms with Crippen LogP contribution in [0.2, 0.25) is 0 Å². The van der Waals surface area contributed by atoms with E-state index >= 15 is 0 Å². The summed E-state index contributed by atoms with van der Waals surface area (Å²) >= 11 is 1.20. The average Bonchev–Trinajstić information content (AvgIpc) is 2.89. The van der Waals surface area contributed by atoms with Gasteiger partial charge in [-0.1, -0.05) is 24.7 Å². The summed E-state index contributed by atoms with van der Waals surface area (Å²) in [4.78, 5) is 12.8. The lowest BCUT2D eigenvalue weighted by atomic mass is 10.1. The first-order valence-electron chi connectivity index (χ1n) is 7.30. The van der Waals surface area contributed by atoms with Gasteiger partial charge in [-0.3, -0.25) is 10.1 Å². The van der Waals surface area contributed by atoms with Gasteiger partial charge in [0.25, 0.3) is 0 Å². The van der Waals surface area contributed by atoms with Crippen LogP contribution in [0.4, 0.5) is 5.00 Å². The van der Waals surface area contributed by atoms with Crippen LogP contribution in [0, 0.1) is 16.0 Å². The Morgan fingerprint density at radius 2 is 2.20 bits per heavy atom.